The van der Waals surface area contributed by atoms with Gasteiger partial charge < -0.3 is 14.5 Å². The third-order valence-electron chi connectivity index (χ3n) is 3.56. The van der Waals surface area contributed by atoms with E-state index in [2.05, 4.69) is 9.97 Å². The van der Waals surface area contributed by atoms with Crippen LogP contribution in [-0.4, -0.2) is 29.7 Å². The fourth-order valence-electron chi connectivity index (χ4n) is 2.63. The molecular weight excluding hydrogens is 280 g/mol. The number of carbonyl (C=O) groups excluding carboxylic acids is 1. The summed E-state index contributed by atoms with van der Waals surface area (Å²) >= 11 is 0. The van der Waals surface area contributed by atoms with Gasteiger partial charge in [-0.1, -0.05) is 25.1 Å². The van der Waals surface area contributed by atoms with Gasteiger partial charge in [0.25, 0.3) is 0 Å². The highest BCUT2D eigenvalue weighted by atomic mass is 16.5. The smallest absolute Gasteiger partial charge is 0.357 e. The first kappa shape index (κ1) is 14.5. The van der Waals surface area contributed by atoms with Gasteiger partial charge in [0, 0.05) is 29.0 Å². The minimum Gasteiger partial charge on any atom is -0.461 e. The van der Waals surface area contributed by atoms with E-state index in [0.717, 1.165) is 33.8 Å². The van der Waals surface area contributed by atoms with E-state index in [4.69, 9.17) is 9.47 Å². The van der Waals surface area contributed by atoms with Crippen molar-refractivity contribution in [2.45, 2.75) is 20.0 Å². The summed E-state index contributed by atoms with van der Waals surface area (Å²) < 4.78 is 10.5. The lowest BCUT2D eigenvalue weighted by molar-refractivity contribution is 0.0493. The zero-order chi connectivity index (χ0) is 15.5. The Bertz CT molecular complexity index is 823. The predicted octanol–water partition coefficient (Wildman–Crippen LogP) is 3.43. The van der Waals surface area contributed by atoms with Crippen LogP contribution in [0.1, 0.15) is 29.4 Å². The molecule has 0 atom stereocenters. The van der Waals surface area contributed by atoms with E-state index in [1.54, 1.807) is 13.3 Å². The first-order chi connectivity index (χ1) is 10.8. The number of pyridine rings is 1. The predicted molar refractivity (Wildman–Crippen MR) is 84.9 cm³/mol. The Balaban J connectivity index is 2.22. The number of ether oxygens (including phenoxy) is 2. The summed E-state index contributed by atoms with van der Waals surface area (Å²) in [6, 6.07) is 7.97. The second kappa shape index (κ2) is 6.15. The Morgan fingerprint density at radius 3 is 2.86 bits per heavy atom. The Morgan fingerprint density at radius 2 is 2.09 bits per heavy atom. The number of carbonyl (C=O) groups is 1. The van der Waals surface area contributed by atoms with Crippen LogP contribution in [0.3, 0.4) is 0 Å². The van der Waals surface area contributed by atoms with Gasteiger partial charge in [0.1, 0.15) is 0 Å². The van der Waals surface area contributed by atoms with Gasteiger partial charge in [-0.05, 0) is 12.5 Å². The van der Waals surface area contributed by atoms with Crippen LogP contribution in [0.4, 0.5) is 0 Å². The summed E-state index contributed by atoms with van der Waals surface area (Å²) in [6.07, 6.45) is 2.46. The molecule has 0 aliphatic carbocycles. The third kappa shape index (κ3) is 2.44. The number of fused-ring (bicyclic) bond motifs is 3. The number of hydrogen-bond acceptors (Lipinski definition) is 4. The van der Waals surface area contributed by atoms with Crippen molar-refractivity contribution in [1.29, 1.82) is 0 Å². The van der Waals surface area contributed by atoms with Gasteiger partial charge in [0.15, 0.2) is 5.69 Å². The second-order valence-electron chi connectivity index (χ2n) is 5.11. The molecule has 3 rings (SSSR count). The van der Waals surface area contributed by atoms with Crippen LogP contribution in [0.25, 0.3) is 21.8 Å². The molecule has 5 nitrogen and oxygen atoms in total. The van der Waals surface area contributed by atoms with Gasteiger partial charge in [0.05, 0.1) is 24.9 Å². The average Bonchev–Trinajstić information content (AvgIpc) is 2.92. The van der Waals surface area contributed by atoms with Crippen molar-refractivity contribution in [2.75, 3.05) is 13.7 Å². The number of hydrogen-bond donors (Lipinski definition) is 1. The number of nitrogens with zero attached hydrogens (tertiary/aromatic N) is 1. The molecule has 0 aliphatic rings. The number of rotatable bonds is 5. The zero-order valence-corrected chi connectivity index (χ0v) is 12.7. The zero-order valence-electron chi connectivity index (χ0n) is 12.7. The van der Waals surface area contributed by atoms with Gasteiger partial charge in [-0.3, -0.25) is 0 Å². The first-order valence-corrected chi connectivity index (χ1v) is 7.30. The topological polar surface area (TPSA) is 64.2 Å². The van der Waals surface area contributed by atoms with Crippen LogP contribution >= 0.6 is 0 Å². The van der Waals surface area contributed by atoms with Crippen LogP contribution in [-0.2, 0) is 16.1 Å². The molecule has 1 N–H and O–H groups in total. The molecule has 2 heterocycles. The lowest BCUT2D eigenvalue weighted by Crippen LogP contribution is -2.12. The molecule has 22 heavy (non-hydrogen) atoms. The summed E-state index contributed by atoms with van der Waals surface area (Å²) in [4.78, 5) is 19.9. The number of methoxy groups -OCH3 is 1. The van der Waals surface area contributed by atoms with Crippen molar-refractivity contribution in [3.05, 3.63) is 41.7 Å². The Hall–Kier alpha value is -2.40. The number of aromatic nitrogens is 2. The summed E-state index contributed by atoms with van der Waals surface area (Å²) in [7, 11) is 1.61. The highest BCUT2D eigenvalue weighted by Gasteiger charge is 2.20. The standard InChI is InChI=1S/C17H18N2O3/c1-3-8-22-17(20)16-12(10-21-2)15-11-6-4-5-7-13(11)19-14(15)9-18-16/h4-7,9,19H,3,8,10H2,1-2H3. The maximum absolute atomic E-state index is 12.3. The van der Waals surface area contributed by atoms with Crippen molar-refractivity contribution in [3.63, 3.8) is 0 Å². The quantitative estimate of drug-likeness (QED) is 0.733. The maximum atomic E-state index is 12.3. The Labute approximate surface area is 128 Å². The highest BCUT2D eigenvalue weighted by molar-refractivity contribution is 6.10. The third-order valence-corrected chi connectivity index (χ3v) is 3.56. The van der Waals surface area contributed by atoms with Crippen molar-refractivity contribution in [2.24, 2.45) is 0 Å². The summed E-state index contributed by atoms with van der Waals surface area (Å²) in [5.41, 5.74) is 2.99. The number of para-hydroxylation sites is 1. The molecule has 0 fully saturated rings. The largest absolute Gasteiger partial charge is 0.461 e. The van der Waals surface area contributed by atoms with Crippen LogP contribution in [0, 0.1) is 0 Å². The molecule has 0 saturated carbocycles. The molecule has 0 radical (unpaired) electrons. The molecular formula is C17H18N2O3. The molecule has 3 aromatic rings. The molecule has 0 amide bonds. The van der Waals surface area contributed by atoms with E-state index >= 15 is 0 Å². The number of benzene rings is 1. The average molecular weight is 298 g/mol. The van der Waals surface area contributed by atoms with Crippen molar-refractivity contribution >= 4 is 27.8 Å². The minimum atomic E-state index is -0.402. The van der Waals surface area contributed by atoms with E-state index in [0.29, 0.717) is 18.9 Å². The lowest BCUT2D eigenvalue weighted by atomic mass is 10.1. The van der Waals surface area contributed by atoms with Crippen molar-refractivity contribution in [1.82, 2.24) is 9.97 Å². The molecule has 5 heteroatoms. The molecule has 0 spiro atoms. The summed E-state index contributed by atoms with van der Waals surface area (Å²) in [5.74, 6) is -0.402. The fraction of sp³-hybridized carbons (Fsp3) is 0.294. The maximum Gasteiger partial charge on any atom is 0.357 e. The van der Waals surface area contributed by atoms with E-state index in [1.165, 1.54) is 0 Å². The molecule has 2 aromatic heterocycles. The number of nitrogens with one attached hydrogen (secondary N) is 1. The van der Waals surface area contributed by atoms with Crippen LogP contribution in [0.15, 0.2) is 30.5 Å². The molecule has 0 unspecified atom stereocenters. The van der Waals surface area contributed by atoms with Crippen molar-refractivity contribution in [3.8, 4) is 0 Å². The van der Waals surface area contributed by atoms with Gasteiger partial charge in [0.2, 0.25) is 0 Å². The molecule has 0 aliphatic heterocycles. The molecule has 0 saturated heterocycles. The second-order valence-corrected chi connectivity index (χ2v) is 5.11. The molecule has 0 bridgehead atoms. The van der Waals surface area contributed by atoms with Crippen molar-refractivity contribution < 1.29 is 14.3 Å². The number of aromatic amines is 1. The van der Waals surface area contributed by atoms with Gasteiger partial charge in [-0.25, -0.2) is 9.78 Å². The Morgan fingerprint density at radius 1 is 1.27 bits per heavy atom. The first-order valence-electron chi connectivity index (χ1n) is 7.30. The number of H-pyrrole nitrogens is 1. The van der Waals surface area contributed by atoms with E-state index < -0.39 is 5.97 Å². The SMILES string of the molecule is CCCOC(=O)c1ncc2[nH]c3ccccc3c2c1COC. The summed E-state index contributed by atoms with van der Waals surface area (Å²) in [5, 5.41) is 2.02. The van der Waals surface area contributed by atoms with E-state index in [1.807, 2.05) is 31.2 Å². The van der Waals surface area contributed by atoms with E-state index in [-0.39, 0.29) is 0 Å². The van der Waals surface area contributed by atoms with Crippen LogP contribution in [0.2, 0.25) is 0 Å². The monoisotopic (exact) mass is 298 g/mol. The lowest BCUT2D eigenvalue weighted by Gasteiger charge is -2.09. The van der Waals surface area contributed by atoms with Gasteiger partial charge in [-0.15, -0.1) is 0 Å². The minimum absolute atomic E-state index is 0.308. The van der Waals surface area contributed by atoms with Gasteiger partial charge in [-0.2, -0.15) is 0 Å². The Kier molecular flexibility index (Phi) is 4.06. The normalized spacial score (nSPS) is 11.2. The fourth-order valence-corrected chi connectivity index (χ4v) is 2.63. The van der Waals surface area contributed by atoms with E-state index in [9.17, 15) is 4.79 Å². The highest BCUT2D eigenvalue weighted by Crippen LogP contribution is 2.30. The molecule has 1 aromatic carbocycles. The van der Waals surface area contributed by atoms with Gasteiger partial charge >= 0.3 is 5.97 Å². The van der Waals surface area contributed by atoms with Crippen LogP contribution in [0.5, 0.6) is 0 Å². The molecule has 114 valence electrons. The number of esters is 1. The summed E-state index contributed by atoms with van der Waals surface area (Å²) in [6.45, 7) is 2.65. The van der Waals surface area contributed by atoms with Crippen LogP contribution < -0.4 is 0 Å².